The summed E-state index contributed by atoms with van der Waals surface area (Å²) < 4.78 is 19.6. The Morgan fingerprint density at radius 3 is 2.82 bits per heavy atom. The predicted molar refractivity (Wildman–Crippen MR) is 128 cm³/mol. The van der Waals surface area contributed by atoms with Gasteiger partial charge in [-0.1, -0.05) is 17.7 Å². The van der Waals surface area contributed by atoms with Crippen molar-refractivity contribution in [3.63, 3.8) is 0 Å². The lowest BCUT2D eigenvalue weighted by atomic mass is 9.84. The summed E-state index contributed by atoms with van der Waals surface area (Å²) in [6, 6.07) is 10.2. The molecule has 1 saturated heterocycles. The number of benzene rings is 2. The monoisotopic (exact) mass is 486 g/mol. The predicted octanol–water partition coefficient (Wildman–Crippen LogP) is 4.04. The molecule has 1 aliphatic rings. The third-order valence-corrected chi connectivity index (χ3v) is 6.68. The molecule has 2 heterocycles. The summed E-state index contributed by atoms with van der Waals surface area (Å²) >= 11 is 6.03. The highest BCUT2D eigenvalue weighted by molar-refractivity contribution is 6.31. The van der Waals surface area contributed by atoms with E-state index in [9.17, 15) is 14.0 Å². The Balaban J connectivity index is 1.36. The number of H-pyrrole nitrogens is 1. The molecule has 2 aromatic carbocycles. The molecular formula is C25H28ClFN4O3. The smallest absolute Gasteiger partial charge is 0.222 e. The van der Waals surface area contributed by atoms with E-state index in [0.717, 1.165) is 16.9 Å². The molecule has 0 unspecified atom stereocenters. The Morgan fingerprint density at radius 1 is 1.29 bits per heavy atom. The van der Waals surface area contributed by atoms with Crippen LogP contribution in [0.3, 0.4) is 0 Å². The van der Waals surface area contributed by atoms with Gasteiger partial charge in [0.2, 0.25) is 11.8 Å². The van der Waals surface area contributed by atoms with E-state index in [1.165, 1.54) is 13.2 Å². The molecule has 3 aromatic rings. The van der Waals surface area contributed by atoms with Crippen molar-refractivity contribution in [2.75, 3.05) is 20.7 Å². The Bertz CT molecular complexity index is 1210. The van der Waals surface area contributed by atoms with Crippen LogP contribution in [0.2, 0.25) is 5.02 Å². The van der Waals surface area contributed by atoms with Crippen LogP contribution < -0.4 is 10.1 Å². The van der Waals surface area contributed by atoms with Gasteiger partial charge in [0.25, 0.3) is 0 Å². The molecule has 34 heavy (non-hydrogen) atoms. The molecule has 4 rings (SSSR count). The number of carbonyl (C=O) groups excluding carboxylic acids is 2. The van der Waals surface area contributed by atoms with Gasteiger partial charge in [-0.15, -0.1) is 0 Å². The molecule has 0 radical (unpaired) electrons. The number of hydrogen-bond acceptors (Lipinski definition) is 4. The van der Waals surface area contributed by atoms with Crippen molar-refractivity contribution >= 4 is 34.4 Å². The number of aromatic nitrogens is 2. The van der Waals surface area contributed by atoms with E-state index in [4.69, 9.17) is 16.3 Å². The number of carbonyl (C=O) groups is 2. The molecule has 1 aliphatic heterocycles. The Kier molecular flexibility index (Phi) is 7.07. The quantitative estimate of drug-likeness (QED) is 0.478. The van der Waals surface area contributed by atoms with Crippen LogP contribution in [0.25, 0.3) is 11.0 Å². The van der Waals surface area contributed by atoms with Gasteiger partial charge in [0, 0.05) is 49.5 Å². The van der Waals surface area contributed by atoms with E-state index in [1.54, 1.807) is 30.1 Å². The van der Waals surface area contributed by atoms with Gasteiger partial charge < -0.3 is 19.9 Å². The van der Waals surface area contributed by atoms with Crippen molar-refractivity contribution in [2.45, 2.75) is 44.1 Å². The third-order valence-electron chi connectivity index (χ3n) is 6.44. The zero-order valence-electron chi connectivity index (χ0n) is 19.3. The lowest BCUT2D eigenvalue weighted by Crippen LogP contribution is -2.45. The summed E-state index contributed by atoms with van der Waals surface area (Å²) in [5.74, 6) is 0.742. The molecule has 9 heteroatoms. The number of hydrogen-bond donors (Lipinski definition) is 2. The number of amides is 2. The van der Waals surface area contributed by atoms with Gasteiger partial charge in [0.1, 0.15) is 17.4 Å². The second-order valence-corrected chi connectivity index (χ2v) is 9.31. The Hall–Kier alpha value is -3.13. The number of halogens is 2. The fourth-order valence-corrected chi connectivity index (χ4v) is 4.61. The molecule has 0 aliphatic carbocycles. The first kappa shape index (κ1) is 24.0. The number of imidazole rings is 1. The molecule has 1 fully saturated rings. The lowest BCUT2D eigenvalue weighted by Gasteiger charge is -2.30. The number of methoxy groups -OCH3 is 1. The maximum Gasteiger partial charge on any atom is 0.222 e. The van der Waals surface area contributed by atoms with E-state index >= 15 is 0 Å². The number of nitrogens with one attached hydrogen (secondary N) is 2. The van der Waals surface area contributed by atoms with Crippen molar-refractivity contribution < 1.29 is 18.7 Å². The largest absolute Gasteiger partial charge is 0.497 e. The highest BCUT2D eigenvalue weighted by Gasteiger charge is 2.38. The summed E-state index contributed by atoms with van der Waals surface area (Å²) in [5.41, 5.74) is 1.55. The summed E-state index contributed by atoms with van der Waals surface area (Å²) in [7, 11) is 3.24. The average molecular weight is 487 g/mol. The molecule has 2 amide bonds. The molecule has 1 aromatic heterocycles. The van der Waals surface area contributed by atoms with E-state index in [2.05, 4.69) is 15.3 Å². The van der Waals surface area contributed by atoms with Gasteiger partial charge in [0.05, 0.1) is 18.1 Å². The lowest BCUT2D eigenvalue weighted by molar-refractivity contribution is -0.130. The van der Waals surface area contributed by atoms with Gasteiger partial charge in [-0.05, 0) is 49.1 Å². The van der Waals surface area contributed by atoms with Crippen LogP contribution in [0.15, 0.2) is 36.4 Å². The van der Waals surface area contributed by atoms with E-state index in [0.29, 0.717) is 55.0 Å². The van der Waals surface area contributed by atoms with Crippen molar-refractivity contribution in [3.05, 3.63) is 58.6 Å². The molecule has 0 spiro atoms. The van der Waals surface area contributed by atoms with Crippen LogP contribution in [-0.4, -0.2) is 52.9 Å². The summed E-state index contributed by atoms with van der Waals surface area (Å²) in [6.45, 7) is 0.499. The van der Waals surface area contributed by atoms with E-state index in [1.807, 2.05) is 12.1 Å². The number of ether oxygens (including phenoxy) is 1. The Morgan fingerprint density at radius 2 is 2.12 bits per heavy atom. The van der Waals surface area contributed by atoms with Crippen molar-refractivity contribution in [3.8, 4) is 5.75 Å². The van der Waals surface area contributed by atoms with Crippen LogP contribution in [0, 0.1) is 5.82 Å². The first-order chi connectivity index (χ1) is 16.3. The normalized spacial score (nSPS) is 17.7. The first-order valence-electron chi connectivity index (χ1n) is 11.3. The summed E-state index contributed by atoms with van der Waals surface area (Å²) in [5, 5.41) is 3.65. The fourth-order valence-electron chi connectivity index (χ4n) is 4.43. The zero-order chi connectivity index (χ0) is 24.3. The summed E-state index contributed by atoms with van der Waals surface area (Å²) in [6.07, 6.45) is 2.54. The number of rotatable bonds is 9. The molecule has 2 N–H and O–H groups in total. The van der Waals surface area contributed by atoms with Gasteiger partial charge in [-0.3, -0.25) is 9.59 Å². The SMILES string of the molecule is COc1ccc(C[C@]2(CCC(=O)N(C)CCc3nc4ccc(Cl)cc4[nH]3)CCC(=O)N2)c(F)c1. The average Bonchev–Trinajstić information content (AvgIpc) is 3.39. The number of fused-ring (bicyclic) bond motifs is 1. The van der Waals surface area contributed by atoms with Crippen LogP contribution >= 0.6 is 11.6 Å². The van der Waals surface area contributed by atoms with Gasteiger partial charge >= 0.3 is 0 Å². The maximum absolute atomic E-state index is 14.6. The minimum Gasteiger partial charge on any atom is -0.497 e. The van der Waals surface area contributed by atoms with Gasteiger partial charge in [-0.2, -0.15) is 0 Å². The van der Waals surface area contributed by atoms with Crippen molar-refractivity contribution in [2.24, 2.45) is 0 Å². The van der Waals surface area contributed by atoms with Crippen LogP contribution in [0.1, 0.15) is 37.1 Å². The van der Waals surface area contributed by atoms with Crippen LogP contribution in [0.5, 0.6) is 5.75 Å². The molecule has 180 valence electrons. The summed E-state index contributed by atoms with van der Waals surface area (Å²) in [4.78, 5) is 34.3. The van der Waals surface area contributed by atoms with Crippen LogP contribution in [-0.2, 0) is 22.4 Å². The number of aromatic amines is 1. The second-order valence-electron chi connectivity index (χ2n) is 8.87. The zero-order valence-corrected chi connectivity index (χ0v) is 20.0. The minimum absolute atomic E-state index is 0.0325. The second kappa shape index (κ2) is 10.0. The van der Waals surface area contributed by atoms with Gasteiger partial charge in [-0.25, -0.2) is 9.37 Å². The molecule has 0 saturated carbocycles. The van der Waals surface area contributed by atoms with E-state index in [-0.39, 0.29) is 24.1 Å². The highest BCUT2D eigenvalue weighted by Crippen LogP contribution is 2.31. The maximum atomic E-state index is 14.6. The highest BCUT2D eigenvalue weighted by atomic mass is 35.5. The number of nitrogens with zero attached hydrogens (tertiary/aromatic N) is 2. The fraction of sp³-hybridized carbons (Fsp3) is 0.400. The molecule has 7 nitrogen and oxygen atoms in total. The minimum atomic E-state index is -0.638. The van der Waals surface area contributed by atoms with E-state index < -0.39 is 5.54 Å². The first-order valence-corrected chi connectivity index (χ1v) is 11.7. The molecule has 0 bridgehead atoms. The third kappa shape index (κ3) is 5.50. The van der Waals surface area contributed by atoms with Crippen LogP contribution in [0.4, 0.5) is 4.39 Å². The molecular weight excluding hydrogens is 459 g/mol. The van der Waals surface area contributed by atoms with Crippen molar-refractivity contribution in [1.82, 2.24) is 20.2 Å². The molecule has 1 atom stereocenters. The Labute approximate surface area is 202 Å². The topological polar surface area (TPSA) is 87.3 Å². The van der Waals surface area contributed by atoms with Crippen molar-refractivity contribution in [1.29, 1.82) is 0 Å². The standard InChI is InChI=1S/C25H28ClFN4O3/c1-31(12-9-22-28-20-6-4-17(26)13-21(20)29-22)24(33)8-11-25(10-7-23(32)30-25)15-16-3-5-18(34-2)14-19(16)27/h3-6,13-14H,7-12,15H2,1-2H3,(H,28,29)(H,30,32)/t25-/m1/s1. The number of likely N-dealkylation sites (N-methyl/N-ethyl adjacent to an activating group) is 1. The van der Waals surface area contributed by atoms with Gasteiger partial charge in [0.15, 0.2) is 0 Å².